The second-order valence-electron chi connectivity index (χ2n) is 5.23. The van der Waals surface area contributed by atoms with E-state index in [1.807, 2.05) is 13.0 Å². The van der Waals surface area contributed by atoms with Crippen LogP contribution >= 0.6 is 0 Å². The predicted octanol–water partition coefficient (Wildman–Crippen LogP) is 2.09. The third kappa shape index (κ3) is 3.30. The van der Waals surface area contributed by atoms with Crippen LogP contribution in [0.3, 0.4) is 0 Å². The minimum atomic E-state index is -0.305. The van der Waals surface area contributed by atoms with Crippen LogP contribution in [0.4, 0.5) is 5.69 Å². The fourth-order valence-corrected chi connectivity index (χ4v) is 2.65. The van der Waals surface area contributed by atoms with Gasteiger partial charge in [-0.3, -0.25) is 15.0 Å². The maximum atomic E-state index is 10.9. The van der Waals surface area contributed by atoms with Crippen LogP contribution in [0.1, 0.15) is 24.0 Å². The lowest BCUT2D eigenvalue weighted by Gasteiger charge is -2.32. The van der Waals surface area contributed by atoms with Crippen molar-refractivity contribution in [3.63, 3.8) is 0 Å². The normalized spacial score (nSPS) is 19.6. The van der Waals surface area contributed by atoms with Gasteiger partial charge in [-0.1, -0.05) is 12.1 Å². The topological polar surface area (TPSA) is 58.4 Å². The van der Waals surface area contributed by atoms with Crippen molar-refractivity contribution in [3.05, 3.63) is 39.4 Å². The summed E-state index contributed by atoms with van der Waals surface area (Å²) in [5.41, 5.74) is 2.04. The molecule has 1 fully saturated rings. The Bertz CT molecular complexity index is 456. The van der Waals surface area contributed by atoms with Gasteiger partial charge < -0.3 is 5.32 Å². The maximum Gasteiger partial charge on any atom is 0.272 e. The molecule has 0 aliphatic carbocycles. The molecule has 2 rings (SSSR count). The van der Waals surface area contributed by atoms with Gasteiger partial charge in [0.2, 0.25) is 0 Å². The highest BCUT2D eigenvalue weighted by Gasteiger charge is 2.20. The van der Waals surface area contributed by atoms with Crippen LogP contribution < -0.4 is 5.32 Å². The Morgan fingerprint density at radius 3 is 2.95 bits per heavy atom. The molecule has 1 atom stereocenters. The highest BCUT2D eigenvalue weighted by Crippen LogP contribution is 2.23. The van der Waals surface area contributed by atoms with E-state index < -0.39 is 0 Å². The summed E-state index contributed by atoms with van der Waals surface area (Å²) in [5.74, 6) is 0. The molecule has 0 radical (unpaired) electrons. The van der Waals surface area contributed by atoms with Crippen molar-refractivity contribution in [1.82, 2.24) is 10.2 Å². The molecule has 1 aromatic rings. The predicted molar refractivity (Wildman–Crippen MR) is 75.2 cm³/mol. The van der Waals surface area contributed by atoms with Crippen molar-refractivity contribution >= 4 is 5.69 Å². The second kappa shape index (κ2) is 6.12. The van der Waals surface area contributed by atoms with E-state index >= 15 is 0 Å². The third-order valence-electron chi connectivity index (χ3n) is 3.93. The van der Waals surface area contributed by atoms with E-state index in [1.54, 1.807) is 12.1 Å². The van der Waals surface area contributed by atoms with Crippen LogP contribution in [-0.4, -0.2) is 36.0 Å². The molecule has 1 aromatic carbocycles. The minimum absolute atomic E-state index is 0.215. The van der Waals surface area contributed by atoms with Gasteiger partial charge >= 0.3 is 0 Å². The molecule has 1 heterocycles. The van der Waals surface area contributed by atoms with Gasteiger partial charge in [0.25, 0.3) is 5.69 Å². The zero-order chi connectivity index (χ0) is 13.8. The zero-order valence-corrected chi connectivity index (χ0v) is 11.6. The number of nitro benzene ring substituents is 1. The number of hydrogen-bond acceptors (Lipinski definition) is 4. The highest BCUT2D eigenvalue weighted by atomic mass is 16.6. The number of rotatable bonds is 4. The number of hydrogen-bond donors (Lipinski definition) is 1. The van der Waals surface area contributed by atoms with Gasteiger partial charge in [0.1, 0.15) is 0 Å². The van der Waals surface area contributed by atoms with E-state index in [4.69, 9.17) is 0 Å². The first kappa shape index (κ1) is 14.0. The number of nitrogens with zero attached hydrogens (tertiary/aromatic N) is 2. The lowest BCUT2D eigenvalue weighted by Crippen LogP contribution is -2.43. The maximum absolute atomic E-state index is 10.9. The standard InChI is InChI=1S/C14H21N3O2/c1-11-12(5-3-7-14(11)17(18)19)10-16(2)13-6-4-8-15-9-13/h3,5,7,13,15H,4,6,8-10H2,1-2H3. The van der Waals surface area contributed by atoms with Gasteiger partial charge in [0, 0.05) is 30.8 Å². The van der Waals surface area contributed by atoms with E-state index in [0.29, 0.717) is 6.04 Å². The van der Waals surface area contributed by atoms with Crippen LogP contribution in [0.25, 0.3) is 0 Å². The smallest absolute Gasteiger partial charge is 0.272 e. The molecule has 1 aliphatic rings. The molecule has 0 bridgehead atoms. The largest absolute Gasteiger partial charge is 0.315 e. The Morgan fingerprint density at radius 2 is 2.32 bits per heavy atom. The summed E-state index contributed by atoms with van der Waals surface area (Å²) in [6.45, 7) is 4.70. The number of benzene rings is 1. The van der Waals surface area contributed by atoms with Crippen molar-refractivity contribution < 1.29 is 4.92 Å². The summed E-state index contributed by atoms with van der Waals surface area (Å²) < 4.78 is 0. The van der Waals surface area contributed by atoms with E-state index in [9.17, 15) is 10.1 Å². The molecule has 0 aromatic heterocycles. The van der Waals surface area contributed by atoms with Crippen LogP contribution in [0.5, 0.6) is 0 Å². The van der Waals surface area contributed by atoms with E-state index in [-0.39, 0.29) is 10.6 Å². The molecule has 0 spiro atoms. The van der Waals surface area contributed by atoms with Crippen molar-refractivity contribution in [2.75, 3.05) is 20.1 Å². The summed E-state index contributed by atoms with van der Waals surface area (Å²) in [7, 11) is 2.09. The van der Waals surface area contributed by atoms with Crippen LogP contribution in [0.2, 0.25) is 0 Å². The molecule has 1 saturated heterocycles. The molecule has 104 valence electrons. The monoisotopic (exact) mass is 263 g/mol. The summed E-state index contributed by atoms with van der Waals surface area (Å²) >= 11 is 0. The van der Waals surface area contributed by atoms with Gasteiger partial charge in [0.15, 0.2) is 0 Å². The first-order valence-electron chi connectivity index (χ1n) is 6.73. The van der Waals surface area contributed by atoms with Crippen molar-refractivity contribution in [3.8, 4) is 0 Å². The fraction of sp³-hybridized carbons (Fsp3) is 0.571. The van der Waals surface area contributed by atoms with Gasteiger partial charge in [-0.25, -0.2) is 0 Å². The molecule has 1 aliphatic heterocycles. The van der Waals surface area contributed by atoms with Gasteiger partial charge in [0.05, 0.1) is 4.92 Å². The lowest BCUT2D eigenvalue weighted by molar-refractivity contribution is -0.385. The lowest BCUT2D eigenvalue weighted by atomic mass is 10.0. The Hall–Kier alpha value is -1.46. The minimum Gasteiger partial charge on any atom is -0.315 e. The Kier molecular flexibility index (Phi) is 4.50. The van der Waals surface area contributed by atoms with Crippen LogP contribution in [0.15, 0.2) is 18.2 Å². The number of nitrogens with one attached hydrogen (secondary N) is 1. The Morgan fingerprint density at radius 1 is 1.53 bits per heavy atom. The number of piperidine rings is 1. The SMILES string of the molecule is Cc1c(CN(C)C2CCCNC2)cccc1[N+](=O)[O-]. The van der Waals surface area contributed by atoms with Crippen LogP contribution in [-0.2, 0) is 6.54 Å². The average molecular weight is 263 g/mol. The van der Waals surface area contributed by atoms with Gasteiger partial charge in [-0.05, 0) is 38.9 Å². The molecular formula is C14H21N3O2. The van der Waals surface area contributed by atoms with E-state index in [1.165, 1.54) is 12.8 Å². The van der Waals surface area contributed by atoms with Crippen molar-refractivity contribution in [1.29, 1.82) is 0 Å². The molecule has 1 N–H and O–H groups in total. The average Bonchev–Trinajstić information content (AvgIpc) is 2.41. The van der Waals surface area contributed by atoms with Crippen molar-refractivity contribution in [2.45, 2.75) is 32.4 Å². The quantitative estimate of drug-likeness (QED) is 0.667. The summed E-state index contributed by atoms with van der Waals surface area (Å²) in [5, 5.41) is 14.3. The third-order valence-corrected chi connectivity index (χ3v) is 3.93. The summed E-state index contributed by atoms with van der Waals surface area (Å²) in [6, 6.07) is 5.84. The first-order valence-corrected chi connectivity index (χ1v) is 6.73. The molecular weight excluding hydrogens is 242 g/mol. The Labute approximate surface area is 113 Å². The van der Waals surface area contributed by atoms with E-state index in [2.05, 4.69) is 17.3 Å². The molecule has 19 heavy (non-hydrogen) atoms. The summed E-state index contributed by atoms with van der Waals surface area (Å²) in [6.07, 6.45) is 2.39. The molecule has 0 saturated carbocycles. The van der Waals surface area contributed by atoms with Gasteiger partial charge in [-0.2, -0.15) is 0 Å². The highest BCUT2D eigenvalue weighted by molar-refractivity contribution is 5.44. The zero-order valence-electron chi connectivity index (χ0n) is 11.6. The van der Waals surface area contributed by atoms with E-state index in [0.717, 1.165) is 30.8 Å². The second-order valence-corrected chi connectivity index (χ2v) is 5.23. The molecule has 1 unspecified atom stereocenters. The fourth-order valence-electron chi connectivity index (χ4n) is 2.65. The number of likely N-dealkylation sites (N-methyl/N-ethyl adjacent to an activating group) is 1. The summed E-state index contributed by atoms with van der Waals surface area (Å²) in [4.78, 5) is 12.9. The van der Waals surface area contributed by atoms with Crippen LogP contribution in [0, 0.1) is 17.0 Å². The Balaban J connectivity index is 2.10. The molecule has 5 nitrogen and oxygen atoms in total. The molecule has 0 amide bonds. The molecule has 5 heteroatoms. The first-order chi connectivity index (χ1) is 9.09. The number of nitro groups is 1. The van der Waals surface area contributed by atoms with Crippen molar-refractivity contribution in [2.24, 2.45) is 0 Å². The van der Waals surface area contributed by atoms with Gasteiger partial charge in [-0.15, -0.1) is 0 Å².